The second kappa shape index (κ2) is 7.09. The highest BCUT2D eigenvalue weighted by atomic mass is 35.5. The molecule has 2 aromatic rings. The number of carbonyl (C=O) groups excluding carboxylic acids is 1. The summed E-state index contributed by atoms with van der Waals surface area (Å²) in [5.74, 6) is 0.209. The Bertz CT molecular complexity index is 731. The molecule has 1 aliphatic heterocycles. The van der Waals surface area contributed by atoms with Crippen molar-refractivity contribution in [3.63, 3.8) is 0 Å². The zero-order chi connectivity index (χ0) is 17.3. The van der Waals surface area contributed by atoms with E-state index >= 15 is 0 Å². The third-order valence-corrected chi connectivity index (χ3v) is 5.17. The Kier molecular flexibility index (Phi) is 5.09. The van der Waals surface area contributed by atoms with Gasteiger partial charge in [0.2, 0.25) is 5.78 Å². The van der Waals surface area contributed by atoms with Gasteiger partial charge in [0.1, 0.15) is 19.1 Å². The highest BCUT2D eigenvalue weighted by molar-refractivity contribution is 6.30. The van der Waals surface area contributed by atoms with Gasteiger partial charge in [-0.25, -0.2) is 0 Å². The smallest absolute Gasteiger partial charge is 0.221 e. The van der Waals surface area contributed by atoms with E-state index in [0.717, 1.165) is 48.9 Å². The van der Waals surface area contributed by atoms with Gasteiger partial charge in [-0.1, -0.05) is 11.6 Å². The lowest BCUT2D eigenvalue weighted by atomic mass is 10.0. The van der Waals surface area contributed by atoms with Gasteiger partial charge >= 0.3 is 0 Å². The molecule has 1 aliphatic rings. The second-order valence-electron chi connectivity index (χ2n) is 6.45. The molecule has 0 unspecified atom stereocenters. The fourth-order valence-electron chi connectivity index (χ4n) is 3.48. The van der Waals surface area contributed by atoms with Crippen molar-refractivity contribution in [3.8, 4) is 5.69 Å². The number of ether oxygens (including phenoxy) is 1. The maximum atomic E-state index is 13.0. The second-order valence-corrected chi connectivity index (χ2v) is 6.89. The average Bonchev–Trinajstić information content (AvgIpc) is 2.90. The van der Waals surface area contributed by atoms with E-state index in [-0.39, 0.29) is 11.8 Å². The number of morpholine rings is 1. The van der Waals surface area contributed by atoms with Crippen LogP contribution in [0.2, 0.25) is 5.02 Å². The van der Waals surface area contributed by atoms with Crippen molar-refractivity contribution in [2.45, 2.75) is 26.8 Å². The molecular formula is C19H24ClN2O2+. The van der Waals surface area contributed by atoms with Crippen LogP contribution in [0.1, 0.15) is 28.7 Å². The zero-order valence-electron chi connectivity index (χ0n) is 14.4. The number of nitrogens with one attached hydrogen (secondary N) is 1. The van der Waals surface area contributed by atoms with E-state index in [1.807, 2.05) is 51.1 Å². The lowest BCUT2D eigenvalue weighted by Gasteiger charge is -2.28. The molecule has 1 aromatic carbocycles. The van der Waals surface area contributed by atoms with Crippen molar-refractivity contribution < 1.29 is 14.4 Å². The Morgan fingerprint density at radius 3 is 2.46 bits per heavy atom. The fraction of sp³-hybridized carbons (Fsp3) is 0.421. The number of hydrogen-bond acceptors (Lipinski definition) is 2. The van der Waals surface area contributed by atoms with Gasteiger partial charge in [-0.3, -0.25) is 4.79 Å². The molecule has 1 fully saturated rings. The molecule has 0 aliphatic carbocycles. The standard InChI is InChI=1S/C19H23ClN2O2/c1-13-12-18(19(23)15(3)21-8-10-24-11-9-21)14(2)22(13)17-6-4-16(20)5-7-17/h4-7,12,15H,8-11H2,1-3H3/p+1/t15-/m0/s1. The van der Waals surface area contributed by atoms with Gasteiger partial charge in [0, 0.05) is 27.7 Å². The normalized spacial score (nSPS) is 17.0. The molecule has 0 radical (unpaired) electrons. The molecule has 0 bridgehead atoms. The molecule has 2 heterocycles. The lowest BCUT2D eigenvalue weighted by molar-refractivity contribution is -0.921. The summed E-state index contributed by atoms with van der Waals surface area (Å²) in [7, 11) is 0. The summed E-state index contributed by atoms with van der Waals surface area (Å²) >= 11 is 5.99. The predicted molar refractivity (Wildman–Crippen MR) is 95.6 cm³/mol. The molecule has 0 saturated carbocycles. The number of hydrogen-bond donors (Lipinski definition) is 1. The quantitative estimate of drug-likeness (QED) is 0.861. The minimum atomic E-state index is -0.0481. The lowest BCUT2D eigenvalue weighted by Crippen LogP contribution is -3.18. The maximum absolute atomic E-state index is 13.0. The van der Waals surface area contributed by atoms with E-state index in [1.165, 1.54) is 4.90 Å². The first kappa shape index (κ1) is 17.2. The number of nitrogens with zero attached hydrogens (tertiary/aromatic N) is 1. The summed E-state index contributed by atoms with van der Waals surface area (Å²) in [5, 5.41) is 0.710. The van der Waals surface area contributed by atoms with Crippen molar-refractivity contribution in [1.82, 2.24) is 4.57 Å². The van der Waals surface area contributed by atoms with Crippen molar-refractivity contribution >= 4 is 17.4 Å². The third kappa shape index (κ3) is 3.27. The molecule has 3 rings (SSSR count). The molecule has 0 spiro atoms. The number of halogens is 1. The Labute approximate surface area is 148 Å². The topological polar surface area (TPSA) is 35.7 Å². The van der Waals surface area contributed by atoms with Crippen LogP contribution in [0.3, 0.4) is 0 Å². The number of rotatable bonds is 4. The van der Waals surface area contributed by atoms with Gasteiger partial charge in [-0.05, 0) is 51.1 Å². The van der Waals surface area contributed by atoms with E-state index in [2.05, 4.69) is 4.57 Å². The molecule has 1 aromatic heterocycles. The Hall–Kier alpha value is -1.62. The molecule has 1 saturated heterocycles. The predicted octanol–water partition coefficient (Wildman–Crippen LogP) is 2.23. The van der Waals surface area contributed by atoms with Crippen LogP contribution in [-0.4, -0.2) is 42.7 Å². The monoisotopic (exact) mass is 347 g/mol. The first-order valence-corrected chi connectivity index (χ1v) is 8.78. The molecule has 1 atom stereocenters. The first-order valence-electron chi connectivity index (χ1n) is 8.40. The molecule has 5 heteroatoms. The summed E-state index contributed by atoms with van der Waals surface area (Å²) in [6.07, 6.45) is 0. The average molecular weight is 348 g/mol. The van der Waals surface area contributed by atoms with Gasteiger partial charge in [-0.2, -0.15) is 0 Å². The molecule has 128 valence electrons. The van der Waals surface area contributed by atoms with Crippen LogP contribution < -0.4 is 4.90 Å². The third-order valence-electron chi connectivity index (χ3n) is 4.92. The Morgan fingerprint density at radius 2 is 1.83 bits per heavy atom. The molecule has 4 nitrogen and oxygen atoms in total. The summed E-state index contributed by atoms with van der Waals surface area (Å²) in [6.45, 7) is 9.32. The molecule has 24 heavy (non-hydrogen) atoms. The highest BCUT2D eigenvalue weighted by Crippen LogP contribution is 2.23. The number of aryl methyl sites for hydroxylation is 1. The zero-order valence-corrected chi connectivity index (χ0v) is 15.2. The fourth-order valence-corrected chi connectivity index (χ4v) is 3.61. The van der Waals surface area contributed by atoms with Gasteiger partial charge in [0.15, 0.2) is 0 Å². The highest BCUT2D eigenvalue weighted by Gasteiger charge is 2.30. The van der Waals surface area contributed by atoms with Crippen LogP contribution in [-0.2, 0) is 4.74 Å². The number of Topliss-reactive ketones (excluding diaryl/α,β-unsaturated/α-hetero) is 1. The van der Waals surface area contributed by atoms with E-state index in [9.17, 15) is 4.79 Å². The van der Waals surface area contributed by atoms with Crippen molar-refractivity contribution in [2.75, 3.05) is 26.3 Å². The van der Waals surface area contributed by atoms with Crippen molar-refractivity contribution in [1.29, 1.82) is 0 Å². The van der Waals surface area contributed by atoms with Crippen LogP contribution in [0.5, 0.6) is 0 Å². The summed E-state index contributed by atoms with van der Waals surface area (Å²) < 4.78 is 7.52. The Balaban J connectivity index is 1.90. The van der Waals surface area contributed by atoms with E-state index in [4.69, 9.17) is 16.3 Å². The van der Waals surface area contributed by atoms with Crippen LogP contribution in [0.4, 0.5) is 0 Å². The SMILES string of the molecule is Cc1cc(C(=O)[C@H](C)[NH+]2CCOCC2)c(C)n1-c1ccc(Cl)cc1. The van der Waals surface area contributed by atoms with Gasteiger partial charge in [0.05, 0.1) is 13.2 Å². The Morgan fingerprint density at radius 1 is 1.21 bits per heavy atom. The van der Waals surface area contributed by atoms with Crippen molar-refractivity contribution in [2.24, 2.45) is 0 Å². The number of quaternary nitrogens is 1. The molecule has 1 N–H and O–H groups in total. The van der Waals surface area contributed by atoms with Crippen molar-refractivity contribution in [3.05, 3.63) is 52.3 Å². The minimum absolute atomic E-state index is 0.0481. The van der Waals surface area contributed by atoms with Gasteiger partial charge < -0.3 is 14.2 Å². The number of aromatic nitrogens is 1. The molecular weight excluding hydrogens is 324 g/mol. The summed E-state index contributed by atoms with van der Waals surface area (Å²) in [6, 6.07) is 9.66. The number of ketones is 1. The maximum Gasteiger partial charge on any atom is 0.221 e. The van der Waals surface area contributed by atoms with E-state index < -0.39 is 0 Å². The number of carbonyl (C=O) groups is 1. The van der Waals surface area contributed by atoms with E-state index in [0.29, 0.717) is 5.02 Å². The summed E-state index contributed by atoms with van der Waals surface area (Å²) in [4.78, 5) is 14.3. The van der Waals surface area contributed by atoms with Gasteiger partial charge in [-0.15, -0.1) is 0 Å². The summed E-state index contributed by atoms with van der Waals surface area (Å²) in [5.41, 5.74) is 3.88. The molecule has 0 amide bonds. The first-order chi connectivity index (χ1) is 11.5. The van der Waals surface area contributed by atoms with Crippen LogP contribution in [0.15, 0.2) is 30.3 Å². The van der Waals surface area contributed by atoms with E-state index in [1.54, 1.807) is 0 Å². The largest absolute Gasteiger partial charge is 0.370 e. The minimum Gasteiger partial charge on any atom is -0.370 e. The van der Waals surface area contributed by atoms with Gasteiger partial charge in [0.25, 0.3) is 0 Å². The van der Waals surface area contributed by atoms with Crippen LogP contribution in [0, 0.1) is 13.8 Å². The van der Waals surface area contributed by atoms with Crippen LogP contribution in [0.25, 0.3) is 5.69 Å². The number of benzene rings is 1. The van der Waals surface area contributed by atoms with Crippen LogP contribution >= 0.6 is 11.6 Å².